The molecule has 0 N–H and O–H groups in total. The Morgan fingerprint density at radius 2 is 1.92 bits per heavy atom. The van der Waals surface area contributed by atoms with Crippen molar-refractivity contribution >= 4 is 16.8 Å². The SMILES string of the molecule is C[C@@H]1CCCCN1C1CN(C(=O)c2cc(=O)n(C)c3ccccc23)C1. The molecule has 2 fully saturated rings. The number of benzene rings is 1. The maximum atomic E-state index is 13.0. The molecule has 0 radical (unpaired) electrons. The second-order valence-electron chi connectivity index (χ2n) is 7.42. The van der Waals surface area contributed by atoms with Crippen molar-refractivity contribution in [2.24, 2.45) is 7.05 Å². The lowest BCUT2D eigenvalue weighted by Crippen LogP contribution is -2.63. The fourth-order valence-electron chi connectivity index (χ4n) is 4.25. The quantitative estimate of drug-likeness (QED) is 0.843. The van der Waals surface area contributed by atoms with Gasteiger partial charge in [-0.15, -0.1) is 0 Å². The molecule has 0 aliphatic carbocycles. The fourth-order valence-corrected chi connectivity index (χ4v) is 4.25. The van der Waals surface area contributed by atoms with E-state index in [2.05, 4.69) is 11.8 Å². The van der Waals surface area contributed by atoms with Crippen LogP contribution in [-0.4, -0.2) is 52.0 Å². The van der Waals surface area contributed by atoms with Crippen LogP contribution in [0.15, 0.2) is 35.1 Å². The monoisotopic (exact) mass is 339 g/mol. The Labute approximate surface area is 147 Å². The summed E-state index contributed by atoms with van der Waals surface area (Å²) in [5.74, 6) is -0.0187. The minimum atomic E-state index is -0.135. The van der Waals surface area contributed by atoms with Crippen molar-refractivity contribution in [2.45, 2.75) is 38.3 Å². The van der Waals surface area contributed by atoms with E-state index in [-0.39, 0.29) is 11.5 Å². The van der Waals surface area contributed by atoms with Gasteiger partial charge in [0, 0.05) is 43.7 Å². The number of aryl methyl sites for hydroxylation is 1. The Hall–Kier alpha value is -2.14. The summed E-state index contributed by atoms with van der Waals surface area (Å²) < 4.78 is 1.60. The second-order valence-corrected chi connectivity index (χ2v) is 7.42. The zero-order valence-electron chi connectivity index (χ0n) is 14.9. The van der Waals surface area contributed by atoms with Gasteiger partial charge in [-0.25, -0.2) is 0 Å². The summed E-state index contributed by atoms with van der Waals surface area (Å²) in [7, 11) is 1.75. The number of hydrogen-bond acceptors (Lipinski definition) is 3. The van der Waals surface area contributed by atoms with Crippen molar-refractivity contribution in [1.82, 2.24) is 14.4 Å². The van der Waals surface area contributed by atoms with Crippen LogP contribution >= 0.6 is 0 Å². The third-order valence-electron chi connectivity index (χ3n) is 5.86. The Balaban J connectivity index is 1.56. The summed E-state index contributed by atoms with van der Waals surface area (Å²) in [6.07, 6.45) is 3.82. The lowest BCUT2D eigenvalue weighted by molar-refractivity contribution is 0.00222. The summed E-state index contributed by atoms with van der Waals surface area (Å²) in [6, 6.07) is 10.2. The van der Waals surface area contributed by atoms with Gasteiger partial charge in [0.2, 0.25) is 0 Å². The van der Waals surface area contributed by atoms with E-state index in [0.29, 0.717) is 17.6 Å². The van der Waals surface area contributed by atoms with E-state index in [4.69, 9.17) is 0 Å². The summed E-state index contributed by atoms with van der Waals surface area (Å²) in [5, 5.41) is 0.851. The van der Waals surface area contributed by atoms with Gasteiger partial charge in [-0.05, 0) is 32.4 Å². The number of hydrogen-bond donors (Lipinski definition) is 0. The summed E-state index contributed by atoms with van der Waals surface area (Å²) in [6.45, 7) is 4.97. The highest BCUT2D eigenvalue weighted by molar-refractivity contribution is 6.06. The molecule has 1 aromatic carbocycles. The number of carbonyl (C=O) groups is 1. The number of likely N-dealkylation sites (tertiary alicyclic amines) is 2. The number of rotatable bonds is 2. The van der Waals surface area contributed by atoms with Crippen LogP contribution in [0.25, 0.3) is 10.9 Å². The van der Waals surface area contributed by atoms with Crippen molar-refractivity contribution in [2.75, 3.05) is 19.6 Å². The highest BCUT2D eigenvalue weighted by atomic mass is 16.2. The van der Waals surface area contributed by atoms with Crippen molar-refractivity contribution in [1.29, 1.82) is 0 Å². The summed E-state index contributed by atoms with van der Waals surface area (Å²) in [4.78, 5) is 29.6. The zero-order chi connectivity index (χ0) is 17.6. The molecule has 0 spiro atoms. The van der Waals surface area contributed by atoms with Gasteiger partial charge in [-0.3, -0.25) is 14.5 Å². The molecular weight excluding hydrogens is 314 g/mol. The maximum Gasteiger partial charge on any atom is 0.254 e. The van der Waals surface area contributed by atoms with Gasteiger partial charge in [0.05, 0.1) is 11.1 Å². The number of fused-ring (bicyclic) bond motifs is 1. The standard InChI is InChI=1S/C20H25N3O2/c1-14-7-5-6-10-23(14)15-12-22(13-15)20(25)17-11-19(24)21(2)18-9-4-3-8-16(17)18/h3-4,8-9,11,14-15H,5-7,10,12-13H2,1-2H3/t14-/m1/s1. The second kappa shape index (κ2) is 6.30. The lowest BCUT2D eigenvalue weighted by Gasteiger charge is -2.49. The topological polar surface area (TPSA) is 45.6 Å². The molecule has 2 saturated heterocycles. The average Bonchev–Trinajstić information content (AvgIpc) is 2.58. The van der Waals surface area contributed by atoms with Crippen molar-refractivity contribution in [3.63, 3.8) is 0 Å². The molecule has 132 valence electrons. The van der Waals surface area contributed by atoms with Crippen LogP contribution < -0.4 is 5.56 Å². The number of piperidine rings is 1. The minimum Gasteiger partial charge on any atom is -0.335 e. The van der Waals surface area contributed by atoms with E-state index in [1.165, 1.54) is 25.3 Å². The number of nitrogens with zero attached hydrogens (tertiary/aromatic N) is 3. The molecule has 25 heavy (non-hydrogen) atoms. The van der Waals surface area contributed by atoms with Crippen molar-refractivity contribution in [3.8, 4) is 0 Å². The Bertz CT molecular complexity index is 867. The summed E-state index contributed by atoms with van der Waals surface area (Å²) >= 11 is 0. The molecular formula is C20H25N3O2. The first-order valence-corrected chi connectivity index (χ1v) is 9.20. The Morgan fingerprint density at radius 1 is 1.16 bits per heavy atom. The average molecular weight is 339 g/mol. The predicted octanol–water partition coefficient (Wildman–Crippen LogP) is 2.24. The first kappa shape index (κ1) is 16.3. The third kappa shape index (κ3) is 2.76. The smallest absolute Gasteiger partial charge is 0.254 e. The first-order chi connectivity index (χ1) is 12.1. The molecule has 0 unspecified atom stereocenters. The van der Waals surface area contributed by atoms with E-state index in [9.17, 15) is 9.59 Å². The number of aromatic nitrogens is 1. The van der Waals surface area contributed by atoms with Gasteiger partial charge >= 0.3 is 0 Å². The van der Waals surface area contributed by atoms with E-state index < -0.39 is 0 Å². The molecule has 2 aliphatic rings. The highest BCUT2D eigenvalue weighted by Crippen LogP contribution is 2.26. The Kier molecular flexibility index (Phi) is 4.12. The molecule has 2 aliphatic heterocycles. The number of amides is 1. The van der Waals surface area contributed by atoms with Gasteiger partial charge < -0.3 is 9.47 Å². The summed E-state index contributed by atoms with van der Waals surface area (Å²) in [5.41, 5.74) is 1.20. The normalized spacial score (nSPS) is 22.2. The molecule has 2 aromatic rings. The fraction of sp³-hybridized carbons (Fsp3) is 0.500. The van der Waals surface area contributed by atoms with E-state index >= 15 is 0 Å². The van der Waals surface area contributed by atoms with Crippen molar-refractivity contribution in [3.05, 3.63) is 46.2 Å². The van der Waals surface area contributed by atoms with Crippen molar-refractivity contribution < 1.29 is 4.79 Å². The lowest BCUT2D eigenvalue weighted by atomic mass is 9.96. The zero-order valence-corrected chi connectivity index (χ0v) is 14.9. The largest absolute Gasteiger partial charge is 0.335 e. The minimum absolute atomic E-state index is 0.0187. The molecule has 0 bridgehead atoms. The van der Waals surface area contributed by atoms with Crippen LogP contribution in [0, 0.1) is 0 Å². The van der Waals surface area contributed by atoms with Gasteiger partial charge in [0.25, 0.3) is 11.5 Å². The van der Waals surface area contributed by atoms with Crippen LogP contribution in [0.4, 0.5) is 0 Å². The van der Waals surface area contributed by atoms with E-state index in [1.807, 2.05) is 29.2 Å². The van der Waals surface area contributed by atoms with Crippen LogP contribution in [0.2, 0.25) is 0 Å². The number of para-hydroxylation sites is 1. The van der Waals surface area contributed by atoms with E-state index in [1.54, 1.807) is 11.6 Å². The predicted molar refractivity (Wildman–Crippen MR) is 98.9 cm³/mol. The molecule has 5 heteroatoms. The molecule has 0 saturated carbocycles. The maximum absolute atomic E-state index is 13.0. The van der Waals surface area contributed by atoms with Crippen LogP contribution in [0.1, 0.15) is 36.5 Å². The van der Waals surface area contributed by atoms with Crippen LogP contribution in [0.5, 0.6) is 0 Å². The third-order valence-corrected chi connectivity index (χ3v) is 5.86. The number of carbonyl (C=O) groups excluding carboxylic acids is 1. The van der Waals surface area contributed by atoms with Gasteiger partial charge in [-0.2, -0.15) is 0 Å². The van der Waals surface area contributed by atoms with Gasteiger partial charge in [0.1, 0.15) is 0 Å². The molecule has 1 atom stereocenters. The van der Waals surface area contributed by atoms with Gasteiger partial charge in [-0.1, -0.05) is 24.6 Å². The molecule has 1 amide bonds. The van der Waals surface area contributed by atoms with Crippen LogP contribution in [-0.2, 0) is 7.05 Å². The molecule has 5 nitrogen and oxygen atoms in total. The Morgan fingerprint density at radius 3 is 2.68 bits per heavy atom. The highest BCUT2D eigenvalue weighted by Gasteiger charge is 2.38. The molecule has 3 heterocycles. The van der Waals surface area contributed by atoms with E-state index in [0.717, 1.165) is 30.5 Å². The molecule has 1 aromatic heterocycles. The first-order valence-electron chi connectivity index (χ1n) is 9.20. The number of pyridine rings is 1. The van der Waals surface area contributed by atoms with Crippen LogP contribution in [0.3, 0.4) is 0 Å². The van der Waals surface area contributed by atoms with Gasteiger partial charge in [0.15, 0.2) is 0 Å². The molecule has 4 rings (SSSR count).